The first kappa shape index (κ1) is 22.6. The Morgan fingerprint density at radius 2 is 1.07 bits per heavy atom. The summed E-state index contributed by atoms with van der Waals surface area (Å²) >= 11 is 0. The van der Waals surface area contributed by atoms with Crippen LogP contribution in [0.1, 0.15) is 0 Å². The van der Waals surface area contributed by atoms with Crippen molar-refractivity contribution in [1.82, 2.24) is 15.0 Å². The maximum absolute atomic E-state index is 5.12. The second-order valence-electron chi connectivity index (χ2n) is 10.1. The second kappa shape index (κ2) is 9.11. The van der Waals surface area contributed by atoms with E-state index in [-0.39, 0.29) is 0 Å². The number of para-hydroxylation sites is 1. The Balaban J connectivity index is 1.30. The first-order chi connectivity index (χ1) is 19.8. The van der Waals surface area contributed by atoms with Gasteiger partial charge in [0.25, 0.3) is 0 Å². The molecule has 3 nitrogen and oxygen atoms in total. The molecule has 8 rings (SSSR count). The largest absolute Gasteiger partial charge is 0.246 e. The van der Waals surface area contributed by atoms with Crippen LogP contribution in [0.15, 0.2) is 140 Å². The SMILES string of the molecule is c1ccc(-c2cccc3nc(-c4nc(-c5ccc6c(ccc7ccccc76)c5)nc5ccccc45)ccc23)cc1. The maximum Gasteiger partial charge on any atom is 0.160 e. The van der Waals surface area contributed by atoms with Crippen LogP contribution in [-0.4, -0.2) is 15.0 Å². The van der Waals surface area contributed by atoms with Crippen molar-refractivity contribution in [2.45, 2.75) is 0 Å². The van der Waals surface area contributed by atoms with Crippen LogP contribution in [-0.2, 0) is 0 Å². The number of rotatable bonds is 3. The minimum atomic E-state index is 0.698. The molecule has 3 heteroatoms. The van der Waals surface area contributed by atoms with E-state index in [1.165, 1.54) is 32.7 Å². The zero-order chi connectivity index (χ0) is 26.5. The summed E-state index contributed by atoms with van der Waals surface area (Å²) in [5, 5.41) is 7.01. The predicted octanol–water partition coefficient (Wildman–Crippen LogP) is 9.49. The van der Waals surface area contributed by atoms with Crippen LogP contribution in [0.2, 0.25) is 0 Å². The summed E-state index contributed by atoms with van der Waals surface area (Å²) in [7, 11) is 0. The van der Waals surface area contributed by atoms with Crippen molar-refractivity contribution in [1.29, 1.82) is 0 Å². The number of hydrogen-bond donors (Lipinski definition) is 0. The fraction of sp³-hybridized carbons (Fsp3) is 0. The van der Waals surface area contributed by atoms with Crippen LogP contribution in [0.3, 0.4) is 0 Å². The van der Waals surface area contributed by atoms with Crippen LogP contribution in [0.5, 0.6) is 0 Å². The van der Waals surface area contributed by atoms with E-state index in [0.717, 1.165) is 38.8 Å². The molecule has 0 N–H and O–H groups in total. The third kappa shape index (κ3) is 3.71. The molecule has 0 spiro atoms. The molecule has 40 heavy (non-hydrogen) atoms. The lowest BCUT2D eigenvalue weighted by Gasteiger charge is -2.12. The van der Waals surface area contributed by atoms with Crippen molar-refractivity contribution in [2.24, 2.45) is 0 Å². The number of fused-ring (bicyclic) bond motifs is 5. The highest BCUT2D eigenvalue weighted by molar-refractivity contribution is 6.08. The van der Waals surface area contributed by atoms with E-state index >= 15 is 0 Å². The van der Waals surface area contributed by atoms with E-state index < -0.39 is 0 Å². The Morgan fingerprint density at radius 1 is 0.375 bits per heavy atom. The topological polar surface area (TPSA) is 38.7 Å². The highest BCUT2D eigenvalue weighted by Gasteiger charge is 2.14. The van der Waals surface area contributed by atoms with Gasteiger partial charge in [-0.1, -0.05) is 109 Å². The predicted molar refractivity (Wildman–Crippen MR) is 166 cm³/mol. The summed E-state index contributed by atoms with van der Waals surface area (Å²) in [6, 6.07) is 48.5. The summed E-state index contributed by atoms with van der Waals surface area (Å²) in [4.78, 5) is 15.2. The fourth-order valence-corrected chi connectivity index (χ4v) is 5.71. The van der Waals surface area contributed by atoms with Gasteiger partial charge >= 0.3 is 0 Å². The number of benzene rings is 6. The third-order valence-corrected chi connectivity index (χ3v) is 7.67. The van der Waals surface area contributed by atoms with Crippen molar-refractivity contribution >= 4 is 43.4 Å². The van der Waals surface area contributed by atoms with E-state index in [9.17, 15) is 0 Å². The molecule has 0 bridgehead atoms. The van der Waals surface area contributed by atoms with Crippen molar-refractivity contribution in [3.63, 3.8) is 0 Å². The second-order valence-corrected chi connectivity index (χ2v) is 10.1. The molecule has 0 aliphatic carbocycles. The molecule has 0 saturated heterocycles. The van der Waals surface area contributed by atoms with Gasteiger partial charge in [-0.15, -0.1) is 0 Å². The average Bonchev–Trinajstić information content (AvgIpc) is 3.03. The molecule has 0 radical (unpaired) electrons. The van der Waals surface area contributed by atoms with E-state index in [0.29, 0.717) is 5.82 Å². The number of aromatic nitrogens is 3. The number of nitrogens with zero attached hydrogens (tertiary/aromatic N) is 3. The van der Waals surface area contributed by atoms with Crippen LogP contribution < -0.4 is 0 Å². The van der Waals surface area contributed by atoms with Gasteiger partial charge in [0.05, 0.1) is 16.7 Å². The molecular formula is C37H23N3. The van der Waals surface area contributed by atoms with Gasteiger partial charge in [0.2, 0.25) is 0 Å². The summed E-state index contributed by atoms with van der Waals surface area (Å²) in [5.41, 5.74) is 6.87. The molecule has 0 aliphatic heterocycles. The molecule has 0 atom stereocenters. The normalized spacial score (nSPS) is 11.5. The van der Waals surface area contributed by atoms with Gasteiger partial charge in [-0.25, -0.2) is 15.0 Å². The summed E-state index contributed by atoms with van der Waals surface area (Å²) in [6.45, 7) is 0. The molecule has 8 aromatic rings. The molecule has 0 fully saturated rings. The van der Waals surface area contributed by atoms with Crippen molar-refractivity contribution in [3.8, 4) is 33.9 Å². The number of hydrogen-bond acceptors (Lipinski definition) is 3. The zero-order valence-electron chi connectivity index (χ0n) is 21.6. The molecule has 0 unspecified atom stereocenters. The van der Waals surface area contributed by atoms with E-state index in [2.05, 4.69) is 115 Å². The molecule has 0 aliphatic rings. The standard InChI is InChI=1S/C37H23N3/c1-2-9-24(10-3-1)29-14-8-16-33-31(29)21-22-35(38-33)36-32-13-6-7-15-34(32)39-37(40-36)27-19-20-30-26(23-27)18-17-25-11-4-5-12-28(25)30/h1-23H. The van der Waals surface area contributed by atoms with Gasteiger partial charge in [-0.05, 0) is 63.0 Å². The van der Waals surface area contributed by atoms with Crippen LogP contribution in [0, 0.1) is 0 Å². The molecular weight excluding hydrogens is 486 g/mol. The average molecular weight is 510 g/mol. The third-order valence-electron chi connectivity index (χ3n) is 7.67. The maximum atomic E-state index is 5.12. The first-order valence-electron chi connectivity index (χ1n) is 13.5. The Hall–Kier alpha value is -5.41. The molecule has 2 aromatic heterocycles. The minimum Gasteiger partial charge on any atom is -0.246 e. The molecule has 0 amide bonds. The van der Waals surface area contributed by atoms with Gasteiger partial charge in [0, 0.05) is 16.3 Å². The van der Waals surface area contributed by atoms with Gasteiger partial charge in [0.1, 0.15) is 5.69 Å². The monoisotopic (exact) mass is 509 g/mol. The Kier molecular flexibility index (Phi) is 5.14. The lowest BCUT2D eigenvalue weighted by molar-refractivity contribution is 1.21. The van der Waals surface area contributed by atoms with E-state index in [1.54, 1.807) is 0 Å². The van der Waals surface area contributed by atoms with Gasteiger partial charge in [-0.2, -0.15) is 0 Å². The summed E-state index contributed by atoms with van der Waals surface area (Å²) in [5.74, 6) is 0.698. The van der Waals surface area contributed by atoms with Gasteiger partial charge < -0.3 is 0 Å². The van der Waals surface area contributed by atoms with E-state index in [1.807, 2.05) is 24.3 Å². The molecule has 0 saturated carbocycles. The highest BCUT2D eigenvalue weighted by atomic mass is 14.9. The van der Waals surface area contributed by atoms with Crippen LogP contribution in [0.25, 0.3) is 77.3 Å². The fourth-order valence-electron chi connectivity index (χ4n) is 5.71. The highest BCUT2D eigenvalue weighted by Crippen LogP contribution is 2.34. The minimum absolute atomic E-state index is 0.698. The van der Waals surface area contributed by atoms with Crippen molar-refractivity contribution < 1.29 is 0 Å². The van der Waals surface area contributed by atoms with Crippen molar-refractivity contribution in [3.05, 3.63) is 140 Å². The molecule has 186 valence electrons. The van der Waals surface area contributed by atoms with Gasteiger partial charge in [-0.3, -0.25) is 0 Å². The zero-order valence-corrected chi connectivity index (χ0v) is 21.6. The summed E-state index contributed by atoms with van der Waals surface area (Å²) in [6.07, 6.45) is 0. The molecule has 6 aromatic carbocycles. The lowest BCUT2D eigenvalue weighted by Crippen LogP contribution is -1.97. The van der Waals surface area contributed by atoms with Crippen LogP contribution in [0.4, 0.5) is 0 Å². The summed E-state index contributed by atoms with van der Waals surface area (Å²) < 4.78 is 0. The van der Waals surface area contributed by atoms with Gasteiger partial charge in [0.15, 0.2) is 5.82 Å². The number of pyridine rings is 1. The van der Waals surface area contributed by atoms with Crippen LogP contribution >= 0.6 is 0 Å². The van der Waals surface area contributed by atoms with Crippen molar-refractivity contribution in [2.75, 3.05) is 0 Å². The first-order valence-corrected chi connectivity index (χ1v) is 13.5. The smallest absolute Gasteiger partial charge is 0.160 e. The Morgan fingerprint density at radius 3 is 2.00 bits per heavy atom. The Bertz CT molecular complexity index is 2220. The quantitative estimate of drug-likeness (QED) is 0.223. The Labute approximate surface area is 231 Å². The van der Waals surface area contributed by atoms with E-state index in [4.69, 9.17) is 15.0 Å². The lowest BCUT2D eigenvalue weighted by atomic mass is 9.99. The molecule has 2 heterocycles.